The van der Waals surface area contributed by atoms with Gasteiger partial charge in [-0.25, -0.2) is 4.79 Å². The summed E-state index contributed by atoms with van der Waals surface area (Å²) in [6.07, 6.45) is 1.15. The third kappa shape index (κ3) is 5.31. The van der Waals surface area contributed by atoms with E-state index < -0.39 is 12.1 Å². The number of hydrogen-bond acceptors (Lipinski definition) is 6. The third-order valence-corrected chi connectivity index (χ3v) is 3.60. The van der Waals surface area contributed by atoms with Crippen molar-refractivity contribution in [1.82, 2.24) is 10.6 Å². The molecule has 2 heterocycles. The molecule has 2 aliphatic rings. The van der Waals surface area contributed by atoms with Gasteiger partial charge >= 0.3 is 12.1 Å². The van der Waals surface area contributed by atoms with Gasteiger partial charge in [0.2, 0.25) is 0 Å². The van der Waals surface area contributed by atoms with Gasteiger partial charge in [-0.05, 0) is 31.5 Å². The van der Waals surface area contributed by atoms with Gasteiger partial charge in [-0.1, -0.05) is 12.1 Å². The zero-order valence-electron chi connectivity index (χ0n) is 13.5. The van der Waals surface area contributed by atoms with Crippen LogP contribution in [0.15, 0.2) is 24.3 Å². The van der Waals surface area contributed by atoms with E-state index in [2.05, 4.69) is 10.6 Å². The summed E-state index contributed by atoms with van der Waals surface area (Å²) in [6, 6.07) is 7.08. The average Bonchev–Trinajstić information content (AvgIpc) is 3.25. The highest BCUT2D eigenvalue weighted by Crippen LogP contribution is 2.26. The second-order valence-corrected chi connectivity index (χ2v) is 5.36. The van der Waals surface area contributed by atoms with Crippen LogP contribution in [0.2, 0.25) is 0 Å². The fourth-order valence-corrected chi connectivity index (χ4v) is 2.34. The minimum absolute atomic E-state index is 0.239. The summed E-state index contributed by atoms with van der Waals surface area (Å²) in [4.78, 5) is 20.9. The number of rotatable bonds is 5. The largest absolute Gasteiger partial charge is 0.493 e. The normalized spacial score (nSPS) is 22.0. The van der Waals surface area contributed by atoms with Crippen LogP contribution >= 0.6 is 0 Å². The number of hydrogen-bond donors (Lipinski definition) is 3. The van der Waals surface area contributed by atoms with Crippen molar-refractivity contribution < 1.29 is 28.9 Å². The van der Waals surface area contributed by atoms with Crippen LogP contribution < -0.4 is 20.1 Å². The molecule has 2 fully saturated rings. The molecule has 0 aromatic heterocycles. The van der Waals surface area contributed by atoms with Crippen molar-refractivity contribution in [2.75, 3.05) is 26.8 Å². The number of para-hydroxylation sites is 2. The Morgan fingerprint density at radius 2 is 2.12 bits per heavy atom. The molecule has 3 N–H and O–H groups in total. The van der Waals surface area contributed by atoms with Crippen LogP contribution in [0.25, 0.3) is 0 Å². The molecule has 0 bridgehead atoms. The SMILES string of the molecule is COc1ccccc1OCC1CNC(=O)O1.O=C(O)C1CCCN1. The van der Waals surface area contributed by atoms with Crippen molar-refractivity contribution >= 4 is 12.1 Å². The third-order valence-electron chi connectivity index (χ3n) is 3.60. The van der Waals surface area contributed by atoms with Crippen LogP contribution in [0.3, 0.4) is 0 Å². The van der Waals surface area contributed by atoms with E-state index in [0.717, 1.165) is 19.4 Å². The molecular weight excluding hydrogens is 316 g/mol. The minimum Gasteiger partial charge on any atom is -0.493 e. The highest BCUT2D eigenvalue weighted by Gasteiger charge is 2.23. The Morgan fingerprint density at radius 3 is 2.62 bits per heavy atom. The first-order chi connectivity index (χ1) is 11.6. The molecule has 2 aliphatic heterocycles. The predicted octanol–water partition coefficient (Wildman–Crippen LogP) is 1.01. The van der Waals surface area contributed by atoms with E-state index in [9.17, 15) is 9.59 Å². The number of methoxy groups -OCH3 is 1. The molecule has 2 atom stereocenters. The molecule has 2 saturated heterocycles. The molecular formula is C16H22N2O6. The Balaban J connectivity index is 0.000000219. The second-order valence-electron chi connectivity index (χ2n) is 5.36. The highest BCUT2D eigenvalue weighted by molar-refractivity contribution is 5.73. The van der Waals surface area contributed by atoms with Crippen LogP contribution in [-0.4, -0.2) is 56.1 Å². The number of carboxylic acid groups (broad SMARTS) is 1. The Hall–Kier alpha value is -2.48. The standard InChI is InChI=1S/C11H13NO4.C5H9NO2/c1-14-9-4-2-3-5-10(9)15-7-8-6-12-11(13)16-8;7-5(8)4-2-1-3-6-4/h2-5,8H,6-7H2,1H3,(H,12,13);4,6H,1-3H2,(H,7,8). The fourth-order valence-electron chi connectivity index (χ4n) is 2.34. The van der Waals surface area contributed by atoms with E-state index in [-0.39, 0.29) is 12.1 Å². The Bertz CT molecular complexity index is 559. The first kappa shape index (κ1) is 17.9. The first-order valence-corrected chi connectivity index (χ1v) is 7.76. The number of carbonyl (C=O) groups excluding carboxylic acids is 1. The molecule has 1 aromatic carbocycles. The molecule has 0 aliphatic carbocycles. The van der Waals surface area contributed by atoms with Gasteiger partial charge in [0.25, 0.3) is 0 Å². The van der Waals surface area contributed by atoms with Gasteiger partial charge in [-0.2, -0.15) is 0 Å². The molecule has 1 amide bonds. The van der Waals surface area contributed by atoms with E-state index in [0.29, 0.717) is 24.7 Å². The maximum Gasteiger partial charge on any atom is 0.407 e. The summed E-state index contributed by atoms with van der Waals surface area (Å²) in [5.74, 6) is 0.593. The first-order valence-electron chi connectivity index (χ1n) is 7.76. The Morgan fingerprint density at radius 1 is 1.38 bits per heavy atom. The lowest BCUT2D eigenvalue weighted by molar-refractivity contribution is -0.139. The van der Waals surface area contributed by atoms with Gasteiger partial charge in [-0.3, -0.25) is 4.79 Å². The predicted molar refractivity (Wildman–Crippen MR) is 85.4 cm³/mol. The van der Waals surface area contributed by atoms with E-state index in [1.807, 2.05) is 24.3 Å². The summed E-state index contributed by atoms with van der Waals surface area (Å²) in [6.45, 7) is 1.66. The number of cyclic esters (lactones) is 1. The average molecular weight is 338 g/mol. The Labute approximate surface area is 140 Å². The van der Waals surface area contributed by atoms with Crippen LogP contribution in [0.1, 0.15) is 12.8 Å². The van der Waals surface area contributed by atoms with Gasteiger partial charge in [0.1, 0.15) is 12.6 Å². The van der Waals surface area contributed by atoms with E-state index in [1.54, 1.807) is 7.11 Å². The number of alkyl carbamates (subject to hydrolysis) is 1. The Kier molecular flexibility index (Phi) is 6.68. The second kappa shape index (κ2) is 8.97. The zero-order chi connectivity index (χ0) is 17.4. The number of carbonyl (C=O) groups is 2. The van der Waals surface area contributed by atoms with Crippen LogP contribution in [0, 0.1) is 0 Å². The van der Waals surface area contributed by atoms with Crippen LogP contribution in [0.5, 0.6) is 11.5 Å². The number of benzene rings is 1. The minimum atomic E-state index is -0.720. The number of ether oxygens (including phenoxy) is 3. The molecule has 8 heteroatoms. The van der Waals surface area contributed by atoms with Crippen LogP contribution in [-0.2, 0) is 9.53 Å². The molecule has 132 valence electrons. The van der Waals surface area contributed by atoms with E-state index in [1.165, 1.54) is 0 Å². The highest BCUT2D eigenvalue weighted by atomic mass is 16.6. The zero-order valence-corrected chi connectivity index (χ0v) is 13.5. The maximum atomic E-state index is 10.8. The molecule has 1 aromatic rings. The van der Waals surface area contributed by atoms with Gasteiger partial charge < -0.3 is 30.0 Å². The summed E-state index contributed by atoms with van der Waals surface area (Å²) in [5, 5.41) is 13.8. The summed E-state index contributed by atoms with van der Waals surface area (Å²) in [7, 11) is 1.58. The molecule has 3 rings (SSSR count). The van der Waals surface area contributed by atoms with Crippen molar-refractivity contribution in [2.45, 2.75) is 25.0 Å². The van der Waals surface area contributed by atoms with Crippen molar-refractivity contribution in [1.29, 1.82) is 0 Å². The fraction of sp³-hybridized carbons (Fsp3) is 0.500. The van der Waals surface area contributed by atoms with E-state index in [4.69, 9.17) is 19.3 Å². The number of nitrogens with one attached hydrogen (secondary N) is 2. The monoisotopic (exact) mass is 338 g/mol. The van der Waals surface area contributed by atoms with Gasteiger partial charge in [0, 0.05) is 0 Å². The molecule has 8 nitrogen and oxygen atoms in total. The van der Waals surface area contributed by atoms with Crippen molar-refractivity contribution in [3.63, 3.8) is 0 Å². The quantitative estimate of drug-likeness (QED) is 0.735. The van der Waals surface area contributed by atoms with Gasteiger partial charge in [-0.15, -0.1) is 0 Å². The lowest BCUT2D eigenvalue weighted by Crippen LogP contribution is -2.29. The van der Waals surface area contributed by atoms with Gasteiger partial charge in [0.05, 0.1) is 13.7 Å². The summed E-state index contributed by atoms with van der Waals surface area (Å²) < 4.78 is 15.6. The number of carboxylic acids is 1. The van der Waals surface area contributed by atoms with Crippen LogP contribution in [0.4, 0.5) is 4.79 Å². The summed E-state index contributed by atoms with van der Waals surface area (Å²) >= 11 is 0. The lowest BCUT2D eigenvalue weighted by atomic mass is 10.2. The molecule has 0 spiro atoms. The summed E-state index contributed by atoms with van der Waals surface area (Å²) in [5.41, 5.74) is 0. The molecule has 0 saturated carbocycles. The molecule has 0 radical (unpaired) electrons. The maximum absolute atomic E-state index is 10.8. The van der Waals surface area contributed by atoms with Crippen molar-refractivity contribution in [2.24, 2.45) is 0 Å². The van der Waals surface area contributed by atoms with E-state index >= 15 is 0 Å². The smallest absolute Gasteiger partial charge is 0.407 e. The van der Waals surface area contributed by atoms with Crippen molar-refractivity contribution in [3.8, 4) is 11.5 Å². The molecule has 2 unspecified atom stereocenters. The lowest BCUT2D eigenvalue weighted by Gasteiger charge is -2.12. The number of amides is 1. The van der Waals surface area contributed by atoms with Crippen molar-refractivity contribution in [3.05, 3.63) is 24.3 Å². The molecule has 24 heavy (non-hydrogen) atoms. The number of aliphatic carboxylic acids is 1. The topological polar surface area (TPSA) is 106 Å². The van der Waals surface area contributed by atoms with Gasteiger partial charge in [0.15, 0.2) is 17.6 Å².